The number of carbonyl (C=O) groups is 1. The van der Waals surface area contributed by atoms with Gasteiger partial charge in [-0.3, -0.25) is 4.79 Å². The van der Waals surface area contributed by atoms with Crippen LogP contribution in [-0.2, 0) is 0 Å². The Bertz CT molecular complexity index is 260. The van der Waals surface area contributed by atoms with Gasteiger partial charge in [-0.2, -0.15) is 0 Å². The number of aldehydes is 1. The average molecular weight is 311 g/mol. The minimum absolute atomic E-state index is 0.731. The van der Waals surface area contributed by atoms with Crippen LogP contribution in [0.5, 0.6) is 0 Å². The van der Waals surface area contributed by atoms with E-state index in [1.54, 1.807) is 6.07 Å². The number of hydrogen-bond donors (Lipinski definition) is 0. The summed E-state index contributed by atoms with van der Waals surface area (Å²) in [6.45, 7) is 0. The van der Waals surface area contributed by atoms with E-state index < -0.39 is 0 Å². The molecule has 3 heteroatoms. The molecule has 0 aliphatic rings. The van der Waals surface area contributed by atoms with E-state index in [4.69, 9.17) is 0 Å². The predicted molar refractivity (Wildman–Crippen MR) is 52.2 cm³/mol. The number of halogens is 2. The minimum atomic E-state index is 0.731. The molecule has 1 nitrogen and oxygen atoms in total. The average Bonchev–Trinajstić information content (AvgIpc) is 1.95. The second kappa shape index (κ2) is 3.48. The molecule has 52 valence electrons. The van der Waals surface area contributed by atoms with Gasteiger partial charge in [0.25, 0.3) is 0 Å². The fourth-order valence-electron chi connectivity index (χ4n) is 0.611. The van der Waals surface area contributed by atoms with E-state index in [1.165, 1.54) is 0 Å². The second-order valence-corrected chi connectivity index (χ2v) is 3.69. The maximum absolute atomic E-state index is 10.4. The van der Waals surface area contributed by atoms with Crippen LogP contribution in [0.25, 0.3) is 0 Å². The van der Waals surface area contributed by atoms with Crippen LogP contribution in [0.2, 0.25) is 0 Å². The summed E-state index contributed by atoms with van der Waals surface area (Å²) in [5.41, 5.74) is 0.731. The predicted octanol–water partition coefficient (Wildman–Crippen LogP) is 2.87. The van der Waals surface area contributed by atoms with Gasteiger partial charge in [0.2, 0.25) is 0 Å². The van der Waals surface area contributed by atoms with E-state index in [1.807, 2.05) is 12.1 Å². The highest BCUT2D eigenvalue weighted by atomic mass is 127. The van der Waals surface area contributed by atoms with Gasteiger partial charge in [0.05, 0.1) is 0 Å². The molecule has 0 amide bonds. The van der Waals surface area contributed by atoms with Crippen molar-refractivity contribution in [2.24, 2.45) is 0 Å². The molecule has 0 unspecified atom stereocenters. The van der Waals surface area contributed by atoms with Gasteiger partial charge >= 0.3 is 0 Å². The van der Waals surface area contributed by atoms with E-state index in [9.17, 15) is 4.79 Å². The third-order valence-corrected chi connectivity index (χ3v) is 3.71. The van der Waals surface area contributed by atoms with Gasteiger partial charge in [0, 0.05) is 13.6 Å². The number of benzene rings is 1. The molecular weight excluding hydrogens is 307 g/mol. The van der Waals surface area contributed by atoms with Gasteiger partial charge in [-0.15, -0.1) is 0 Å². The maximum Gasteiger partial charge on any atom is 0.151 e. The highest BCUT2D eigenvalue weighted by molar-refractivity contribution is 14.1. The summed E-state index contributed by atoms with van der Waals surface area (Å²) in [6, 6.07) is 5.55. The second-order valence-electron chi connectivity index (χ2n) is 1.76. The molecule has 0 N–H and O–H groups in total. The topological polar surface area (TPSA) is 17.1 Å². The zero-order chi connectivity index (χ0) is 7.56. The van der Waals surface area contributed by atoms with Crippen LogP contribution in [0.4, 0.5) is 0 Å². The largest absolute Gasteiger partial charge is 0.298 e. The molecule has 0 saturated carbocycles. The van der Waals surface area contributed by atoms with Crippen LogP contribution in [0.15, 0.2) is 22.7 Å². The van der Waals surface area contributed by atoms with Crippen molar-refractivity contribution < 1.29 is 4.79 Å². The van der Waals surface area contributed by atoms with Crippen LogP contribution in [0.3, 0.4) is 0 Å². The quantitative estimate of drug-likeness (QED) is 0.576. The molecule has 0 saturated heterocycles. The van der Waals surface area contributed by atoms with E-state index in [2.05, 4.69) is 38.5 Å². The molecule has 10 heavy (non-hydrogen) atoms. The van der Waals surface area contributed by atoms with Gasteiger partial charge in [-0.1, -0.05) is 12.1 Å². The van der Waals surface area contributed by atoms with Crippen LogP contribution in [0, 0.1) is 3.57 Å². The first-order chi connectivity index (χ1) is 4.75. The molecular formula is C7H4BrIO. The highest BCUT2D eigenvalue weighted by Crippen LogP contribution is 2.20. The lowest BCUT2D eigenvalue weighted by molar-refractivity contribution is 0.112. The Kier molecular flexibility index (Phi) is 2.85. The van der Waals surface area contributed by atoms with Crippen molar-refractivity contribution in [3.63, 3.8) is 0 Å². The third kappa shape index (κ3) is 1.58. The molecule has 0 atom stereocenters. The zero-order valence-electron chi connectivity index (χ0n) is 4.97. The van der Waals surface area contributed by atoms with E-state index >= 15 is 0 Å². The van der Waals surface area contributed by atoms with Crippen LogP contribution in [0.1, 0.15) is 10.4 Å². The van der Waals surface area contributed by atoms with Crippen molar-refractivity contribution in [1.82, 2.24) is 0 Å². The number of rotatable bonds is 1. The summed E-state index contributed by atoms with van der Waals surface area (Å²) in [5, 5.41) is 0. The Balaban J connectivity index is 3.27. The molecule has 1 aromatic rings. The normalized spacial score (nSPS) is 9.40. The van der Waals surface area contributed by atoms with Crippen molar-refractivity contribution in [1.29, 1.82) is 0 Å². The van der Waals surface area contributed by atoms with Crippen molar-refractivity contribution in [2.75, 3.05) is 0 Å². The van der Waals surface area contributed by atoms with Crippen molar-refractivity contribution in [2.45, 2.75) is 0 Å². The van der Waals surface area contributed by atoms with Gasteiger partial charge in [0.15, 0.2) is 6.29 Å². The molecule has 0 bridgehead atoms. The van der Waals surface area contributed by atoms with E-state index in [0.29, 0.717) is 0 Å². The van der Waals surface area contributed by atoms with Gasteiger partial charge in [0.1, 0.15) is 0 Å². The molecule has 0 spiro atoms. The summed E-state index contributed by atoms with van der Waals surface area (Å²) < 4.78 is 1.94. The Morgan fingerprint density at radius 2 is 2.20 bits per heavy atom. The molecule has 0 aromatic heterocycles. The monoisotopic (exact) mass is 310 g/mol. The van der Waals surface area contributed by atoms with Crippen LogP contribution >= 0.6 is 38.5 Å². The SMILES string of the molecule is O=Cc1cccc(Br)c1I. The van der Waals surface area contributed by atoms with Gasteiger partial charge in [-0.05, 0) is 44.6 Å². The molecule has 0 aliphatic heterocycles. The fraction of sp³-hybridized carbons (Fsp3) is 0. The lowest BCUT2D eigenvalue weighted by atomic mass is 10.2. The summed E-state index contributed by atoms with van der Waals surface area (Å²) >= 11 is 5.45. The third-order valence-electron chi connectivity index (χ3n) is 1.11. The lowest BCUT2D eigenvalue weighted by Crippen LogP contribution is -1.84. The Morgan fingerprint density at radius 3 is 2.70 bits per heavy atom. The van der Waals surface area contributed by atoms with E-state index in [0.717, 1.165) is 19.9 Å². The lowest BCUT2D eigenvalue weighted by Gasteiger charge is -1.96. The highest BCUT2D eigenvalue weighted by Gasteiger charge is 1.99. The molecule has 0 aliphatic carbocycles. The zero-order valence-corrected chi connectivity index (χ0v) is 8.72. The Hall–Kier alpha value is 0.1000. The standard InChI is InChI=1S/C7H4BrIO/c8-6-3-1-2-5(4-10)7(6)9/h1-4H. The van der Waals surface area contributed by atoms with Crippen LogP contribution < -0.4 is 0 Å². The molecule has 0 heterocycles. The molecule has 0 radical (unpaired) electrons. The minimum Gasteiger partial charge on any atom is -0.298 e. The molecule has 1 aromatic carbocycles. The Morgan fingerprint density at radius 1 is 1.50 bits per heavy atom. The van der Waals surface area contributed by atoms with Gasteiger partial charge in [-0.25, -0.2) is 0 Å². The first-order valence-corrected chi connectivity index (χ1v) is 4.52. The smallest absolute Gasteiger partial charge is 0.151 e. The first-order valence-electron chi connectivity index (χ1n) is 2.65. The molecule has 0 fully saturated rings. The molecule has 1 rings (SSSR count). The fourth-order valence-corrected chi connectivity index (χ4v) is 1.48. The Labute approximate surface area is 81.1 Å². The number of hydrogen-bond acceptors (Lipinski definition) is 1. The van der Waals surface area contributed by atoms with Crippen molar-refractivity contribution >= 4 is 44.8 Å². The first kappa shape index (κ1) is 8.20. The summed E-state index contributed by atoms with van der Waals surface area (Å²) in [6.07, 6.45) is 0.854. The summed E-state index contributed by atoms with van der Waals surface area (Å²) in [5.74, 6) is 0. The van der Waals surface area contributed by atoms with E-state index in [-0.39, 0.29) is 0 Å². The summed E-state index contributed by atoms with van der Waals surface area (Å²) in [7, 11) is 0. The van der Waals surface area contributed by atoms with Crippen molar-refractivity contribution in [3.05, 3.63) is 31.8 Å². The number of carbonyl (C=O) groups excluding carboxylic acids is 1. The van der Waals surface area contributed by atoms with Crippen LogP contribution in [-0.4, -0.2) is 6.29 Å². The van der Waals surface area contributed by atoms with Gasteiger partial charge < -0.3 is 0 Å². The van der Waals surface area contributed by atoms with Crippen molar-refractivity contribution in [3.8, 4) is 0 Å². The summed E-state index contributed by atoms with van der Waals surface area (Å²) in [4.78, 5) is 10.4. The maximum atomic E-state index is 10.4.